The maximum absolute atomic E-state index is 9.00. The van der Waals surface area contributed by atoms with Gasteiger partial charge in [-0.2, -0.15) is 0 Å². The molecule has 34 valence electrons. The van der Waals surface area contributed by atoms with Crippen molar-refractivity contribution in [3.8, 4) is 0 Å². The first-order valence-electron chi connectivity index (χ1n) is 0.928. The van der Waals surface area contributed by atoms with Crippen molar-refractivity contribution in [2.45, 2.75) is 6.92 Å². The van der Waals surface area contributed by atoms with Gasteiger partial charge in [-0.3, -0.25) is 4.79 Å². The fraction of sp³-hybridized carbons (Fsp3) is 0.500. The molecule has 4 heteroatoms. The fourth-order valence-electron chi connectivity index (χ4n) is 0. The second kappa shape index (κ2) is 8.90. The Morgan fingerprint density at radius 1 is 1.67 bits per heavy atom. The first kappa shape index (κ1) is 16.6. The van der Waals surface area contributed by atoms with Crippen LogP contribution < -0.4 is 0 Å². The van der Waals surface area contributed by atoms with E-state index in [1.54, 1.807) is 0 Å². The standard InChI is InChI=1S/C2H4O2.Li.H2O.H/c1-2(3)4;;;/h1H3,(H,3,4);;1H2;. The molecule has 0 fully saturated rings. The van der Waals surface area contributed by atoms with Gasteiger partial charge in [0.1, 0.15) is 0 Å². The van der Waals surface area contributed by atoms with Crippen LogP contribution in [-0.2, 0) is 4.79 Å². The van der Waals surface area contributed by atoms with Crippen molar-refractivity contribution in [1.29, 1.82) is 0 Å². The number of hydrogen-bond donors (Lipinski definition) is 1. The molecule has 0 rings (SSSR count). The van der Waals surface area contributed by atoms with Crippen molar-refractivity contribution in [2.75, 3.05) is 0 Å². The summed E-state index contributed by atoms with van der Waals surface area (Å²) >= 11 is 0. The van der Waals surface area contributed by atoms with E-state index < -0.39 is 5.97 Å². The molecule has 0 amide bonds. The van der Waals surface area contributed by atoms with Gasteiger partial charge < -0.3 is 10.6 Å². The molecule has 0 radical (unpaired) electrons. The van der Waals surface area contributed by atoms with Crippen LogP contribution in [0.25, 0.3) is 0 Å². The molecule has 0 spiro atoms. The van der Waals surface area contributed by atoms with Crippen LogP contribution in [-0.4, -0.2) is 35.4 Å². The summed E-state index contributed by atoms with van der Waals surface area (Å²) in [5.41, 5.74) is 0. The molecule has 6 heavy (non-hydrogen) atoms. The van der Waals surface area contributed by atoms with Gasteiger partial charge in [0.05, 0.1) is 0 Å². The quantitative estimate of drug-likeness (QED) is 0.369. The van der Waals surface area contributed by atoms with E-state index in [0.29, 0.717) is 0 Å². The van der Waals surface area contributed by atoms with Gasteiger partial charge in [-0.25, -0.2) is 0 Å². The summed E-state index contributed by atoms with van der Waals surface area (Å²) in [5, 5.41) is 7.42. The summed E-state index contributed by atoms with van der Waals surface area (Å²) in [6.45, 7) is 1.08. The second-order valence-electron chi connectivity index (χ2n) is 0.519. The van der Waals surface area contributed by atoms with Crippen molar-refractivity contribution in [1.82, 2.24) is 0 Å². The van der Waals surface area contributed by atoms with E-state index in [4.69, 9.17) is 9.90 Å². The molecule has 0 aliphatic heterocycles. The zero-order valence-corrected chi connectivity index (χ0v) is 2.86. The van der Waals surface area contributed by atoms with Gasteiger partial charge in [0.2, 0.25) is 0 Å². The zero-order valence-electron chi connectivity index (χ0n) is 2.86. The van der Waals surface area contributed by atoms with Crippen molar-refractivity contribution in [3.63, 3.8) is 0 Å². The van der Waals surface area contributed by atoms with Gasteiger partial charge in [-0.05, 0) is 0 Å². The van der Waals surface area contributed by atoms with E-state index in [1.807, 2.05) is 0 Å². The Balaban J connectivity index is -0.0000000450. The van der Waals surface area contributed by atoms with Gasteiger partial charge in [0.25, 0.3) is 5.97 Å². The van der Waals surface area contributed by atoms with E-state index in [0.717, 1.165) is 6.92 Å². The number of rotatable bonds is 0. The molecule has 0 saturated heterocycles. The number of aliphatic carboxylic acids is 1. The van der Waals surface area contributed by atoms with E-state index in [2.05, 4.69) is 0 Å². The number of carboxylic acids is 1. The van der Waals surface area contributed by atoms with Crippen molar-refractivity contribution in [2.24, 2.45) is 0 Å². The Labute approximate surface area is 47.8 Å². The van der Waals surface area contributed by atoms with Crippen LogP contribution in [0.2, 0.25) is 0 Å². The Morgan fingerprint density at radius 3 is 1.67 bits per heavy atom. The summed E-state index contributed by atoms with van der Waals surface area (Å²) < 4.78 is 0. The molecule has 0 aliphatic rings. The molecule has 0 saturated carbocycles. The van der Waals surface area contributed by atoms with Gasteiger partial charge in [0, 0.05) is 6.92 Å². The predicted molar refractivity (Wildman–Crippen MR) is 24.1 cm³/mol. The van der Waals surface area contributed by atoms with Crippen molar-refractivity contribution < 1.29 is 15.4 Å². The first-order chi connectivity index (χ1) is 1.73. The minimum absolute atomic E-state index is 0. The third-order valence-corrected chi connectivity index (χ3v) is 0. The summed E-state index contributed by atoms with van der Waals surface area (Å²) in [4.78, 5) is 9.00. The molecule has 0 heterocycles. The third-order valence-electron chi connectivity index (χ3n) is 0. The van der Waals surface area contributed by atoms with Crippen LogP contribution in [0.1, 0.15) is 6.92 Å². The summed E-state index contributed by atoms with van der Waals surface area (Å²) in [6, 6.07) is 0. The molecule has 0 unspecified atom stereocenters. The third kappa shape index (κ3) is 49200. The van der Waals surface area contributed by atoms with E-state index in [1.165, 1.54) is 0 Å². The summed E-state index contributed by atoms with van der Waals surface area (Å²) in [6.07, 6.45) is 0. The molecular formula is C2H7LiO3. The Morgan fingerprint density at radius 2 is 1.67 bits per heavy atom. The SMILES string of the molecule is CC(=O)O.O.[LiH]. The van der Waals surface area contributed by atoms with Crippen LogP contribution >= 0.6 is 0 Å². The molecular weight excluding hydrogens is 79.0 g/mol. The van der Waals surface area contributed by atoms with Crippen LogP contribution in [0.15, 0.2) is 0 Å². The summed E-state index contributed by atoms with van der Waals surface area (Å²) in [5.74, 6) is -0.833. The number of carbonyl (C=O) groups is 1. The second-order valence-corrected chi connectivity index (χ2v) is 0.519. The molecule has 0 atom stereocenters. The van der Waals surface area contributed by atoms with Crippen molar-refractivity contribution >= 4 is 24.8 Å². The number of carboxylic acid groups (broad SMARTS) is 1. The molecule has 3 N–H and O–H groups in total. The van der Waals surface area contributed by atoms with Crippen LogP contribution in [0.3, 0.4) is 0 Å². The first-order valence-corrected chi connectivity index (χ1v) is 0.928. The molecule has 0 bridgehead atoms. The molecule has 0 aromatic heterocycles. The molecule has 0 aromatic rings. The minimum atomic E-state index is -0.833. The topological polar surface area (TPSA) is 68.8 Å². The molecule has 3 nitrogen and oxygen atoms in total. The van der Waals surface area contributed by atoms with Crippen LogP contribution in [0, 0.1) is 0 Å². The fourth-order valence-corrected chi connectivity index (χ4v) is 0. The Kier molecular flexibility index (Phi) is 24.6. The zero-order chi connectivity index (χ0) is 3.58. The van der Waals surface area contributed by atoms with Crippen LogP contribution in [0.4, 0.5) is 0 Å². The molecule has 0 aliphatic carbocycles. The van der Waals surface area contributed by atoms with Gasteiger partial charge in [-0.1, -0.05) is 0 Å². The van der Waals surface area contributed by atoms with Crippen LogP contribution in [0.5, 0.6) is 0 Å². The normalized spacial score (nSPS) is 4.17. The maximum atomic E-state index is 9.00. The van der Waals surface area contributed by atoms with Gasteiger partial charge in [-0.15, -0.1) is 0 Å². The van der Waals surface area contributed by atoms with E-state index in [9.17, 15) is 0 Å². The van der Waals surface area contributed by atoms with Crippen molar-refractivity contribution in [3.05, 3.63) is 0 Å². The van der Waals surface area contributed by atoms with Gasteiger partial charge in [0.15, 0.2) is 0 Å². The Bertz CT molecular complexity index is 31.8. The van der Waals surface area contributed by atoms with Gasteiger partial charge >= 0.3 is 18.9 Å². The number of hydrogen-bond acceptors (Lipinski definition) is 1. The molecule has 0 aromatic carbocycles. The predicted octanol–water partition coefficient (Wildman–Crippen LogP) is -1.38. The average molecular weight is 86.0 g/mol. The Hall–Kier alpha value is 0.0274. The van der Waals surface area contributed by atoms with E-state index in [-0.39, 0.29) is 24.3 Å². The monoisotopic (exact) mass is 86.1 g/mol. The van der Waals surface area contributed by atoms with E-state index >= 15 is 0 Å². The summed E-state index contributed by atoms with van der Waals surface area (Å²) in [7, 11) is 0. The average Bonchev–Trinajstić information content (AvgIpc) is 0.811.